The van der Waals surface area contributed by atoms with Gasteiger partial charge in [-0.2, -0.15) is 0 Å². The molecule has 0 bridgehead atoms. The van der Waals surface area contributed by atoms with Gasteiger partial charge in [-0.3, -0.25) is 9.59 Å². The molecule has 5 heteroatoms. The van der Waals surface area contributed by atoms with Gasteiger partial charge in [-0.25, -0.2) is 0 Å². The number of nitrogens with one attached hydrogen (secondary N) is 1. The fourth-order valence-corrected chi connectivity index (χ4v) is 1.89. The molecular formula is C14H15NO4. The molecule has 19 heavy (non-hydrogen) atoms. The molecular weight excluding hydrogens is 246 g/mol. The molecule has 0 saturated heterocycles. The Kier molecular flexibility index (Phi) is 3.85. The van der Waals surface area contributed by atoms with Gasteiger partial charge < -0.3 is 14.5 Å². The van der Waals surface area contributed by atoms with E-state index < -0.39 is 5.97 Å². The molecule has 0 aliphatic heterocycles. The van der Waals surface area contributed by atoms with Crippen molar-refractivity contribution in [3.63, 3.8) is 0 Å². The monoisotopic (exact) mass is 261 g/mol. The first kappa shape index (κ1) is 13.1. The van der Waals surface area contributed by atoms with Crippen LogP contribution in [0, 0.1) is 0 Å². The lowest BCUT2D eigenvalue weighted by molar-refractivity contribution is -0.139. The van der Waals surface area contributed by atoms with Gasteiger partial charge in [0.25, 0.3) is 0 Å². The highest BCUT2D eigenvalue weighted by Gasteiger charge is 2.16. The molecule has 1 aromatic heterocycles. The third-order valence-electron chi connectivity index (χ3n) is 2.80. The van der Waals surface area contributed by atoms with Crippen LogP contribution in [0.1, 0.15) is 23.7 Å². The summed E-state index contributed by atoms with van der Waals surface area (Å²) >= 11 is 0. The molecule has 0 radical (unpaired) electrons. The molecule has 1 N–H and O–H groups in total. The summed E-state index contributed by atoms with van der Waals surface area (Å²) in [6.45, 7) is 2.45. The standard InChI is InChI=1S/C14H15NO4/c1-3-19-9-4-5-12-10(6-9)11(8-15-12)13(16)7-14(17)18-2/h4-6,8,15H,3,7H2,1-2H3. The lowest BCUT2D eigenvalue weighted by Crippen LogP contribution is -2.09. The van der Waals surface area contributed by atoms with E-state index in [0.717, 1.165) is 10.9 Å². The fourth-order valence-electron chi connectivity index (χ4n) is 1.89. The lowest BCUT2D eigenvalue weighted by atomic mass is 10.1. The van der Waals surface area contributed by atoms with Crippen LogP contribution in [0.5, 0.6) is 5.75 Å². The second-order valence-corrected chi connectivity index (χ2v) is 4.02. The van der Waals surface area contributed by atoms with E-state index in [9.17, 15) is 9.59 Å². The van der Waals surface area contributed by atoms with Crippen molar-refractivity contribution < 1.29 is 19.1 Å². The summed E-state index contributed by atoms with van der Waals surface area (Å²) in [6.07, 6.45) is 1.34. The predicted octanol–water partition coefficient (Wildman–Crippen LogP) is 2.31. The summed E-state index contributed by atoms with van der Waals surface area (Å²) in [7, 11) is 1.26. The number of aromatic amines is 1. The Morgan fingerprint density at radius 1 is 1.32 bits per heavy atom. The first-order chi connectivity index (χ1) is 9.15. The maximum absolute atomic E-state index is 12.0. The quantitative estimate of drug-likeness (QED) is 0.509. The highest BCUT2D eigenvalue weighted by Crippen LogP contribution is 2.24. The van der Waals surface area contributed by atoms with E-state index in [0.29, 0.717) is 17.9 Å². The predicted molar refractivity (Wildman–Crippen MR) is 70.4 cm³/mol. The zero-order valence-corrected chi connectivity index (χ0v) is 10.9. The Labute approximate surface area is 110 Å². The number of rotatable bonds is 5. The number of esters is 1. The Morgan fingerprint density at radius 3 is 2.79 bits per heavy atom. The maximum atomic E-state index is 12.0. The van der Waals surface area contributed by atoms with E-state index in [2.05, 4.69) is 9.72 Å². The van der Waals surface area contributed by atoms with Crippen LogP contribution in [0.25, 0.3) is 10.9 Å². The molecule has 0 saturated carbocycles. The highest BCUT2D eigenvalue weighted by atomic mass is 16.5. The molecule has 5 nitrogen and oxygen atoms in total. The van der Waals surface area contributed by atoms with Gasteiger partial charge >= 0.3 is 5.97 Å². The molecule has 0 spiro atoms. The van der Waals surface area contributed by atoms with E-state index in [-0.39, 0.29) is 12.2 Å². The number of aromatic nitrogens is 1. The third-order valence-corrected chi connectivity index (χ3v) is 2.80. The average Bonchev–Trinajstić information content (AvgIpc) is 2.82. The summed E-state index contributed by atoms with van der Waals surface area (Å²) in [5.74, 6) is -0.117. The maximum Gasteiger partial charge on any atom is 0.313 e. The second kappa shape index (κ2) is 5.56. The Bertz CT molecular complexity index is 615. The van der Waals surface area contributed by atoms with Gasteiger partial charge in [-0.15, -0.1) is 0 Å². The first-order valence-corrected chi connectivity index (χ1v) is 5.99. The lowest BCUT2D eigenvalue weighted by Gasteiger charge is -2.03. The molecule has 2 rings (SSSR count). The summed E-state index contributed by atoms with van der Waals surface area (Å²) in [5, 5.41) is 0.750. The van der Waals surface area contributed by atoms with Gasteiger partial charge in [0.1, 0.15) is 12.2 Å². The van der Waals surface area contributed by atoms with Crippen molar-refractivity contribution in [2.75, 3.05) is 13.7 Å². The van der Waals surface area contributed by atoms with E-state index in [1.807, 2.05) is 19.1 Å². The molecule has 1 aromatic carbocycles. The SMILES string of the molecule is CCOc1ccc2[nH]cc(C(=O)CC(=O)OC)c2c1. The number of carbonyl (C=O) groups excluding carboxylic acids is 2. The van der Waals surface area contributed by atoms with Crippen molar-refractivity contribution in [1.82, 2.24) is 4.98 Å². The number of ketones is 1. The number of hydrogen-bond acceptors (Lipinski definition) is 4. The average molecular weight is 261 g/mol. The van der Waals surface area contributed by atoms with Crippen molar-refractivity contribution in [2.45, 2.75) is 13.3 Å². The van der Waals surface area contributed by atoms with Crippen molar-refractivity contribution in [1.29, 1.82) is 0 Å². The van der Waals surface area contributed by atoms with Crippen molar-refractivity contribution >= 4 is 22.7 Å². The van der Waals surface area contributed by atoms with Crippen LogP contribution in [0.4, 0.5) is 0 Å². The van der Waals surface area contributed by atoms with Crippen molar-refractivity contribution in [3.05, 3.63) is 30.0 Å². The third kappa shape index (κ3) is 2.76. The van der Waals surface area contributed by atoms with Crippen LogP contribution < -0.4 is 4.74 Å². The summed E-state index contributed by atoms with van der Waals surface area (Å²) in [4.78, 5) is 26.1. The Hall–Kier alpha value is -2.30. The molecule has 0 atom stereocenters. The molecule has 0 aliphatic carbocycles. The number of methoxy groups -OCH3 is 1. The van der Waals surface area contributed by atoms with Crippen LogP contribution in [-0.4, -0.2) is 30.5 Å². The summed E-state index contributed by atoms with van der Waals surface area (Å²) in [5.41, 5.74) is 1.30. The van der Waals surface area contributed by atoms with E-state index in [4.69, 9.17) is 4.74 Å². The minimum atomic E-state index is -0.541. The molecule has 100 valence electrons. The Balaban J connectivity index is 2.34. The number of Topliss-reactive ketones (excluding diaryl/α,β-unsaturated/α-hetero) is 1. The summed E-state index contributed by atoms with van der Waals surface area (Å²) in [6, 6.07) is 5.46. The molecule has 1 heterocycles. The smallest absolute Gasteiger partial charge is 0.313 e. The van der Waals surface area contributed by atoms with Gasteiger partial charge in [0.2, 0.25) is 0 Å². The minimum absolute atomic E-state index is 0.262. The van der Waals surface area contributed by atoms with E-state index in [1.165, 1.54) is 7.11 Å². The van der Waals surface area contributed by atoms with Crippen LogP contribution in [-0.2, 0) is 9.53 Å². The van der Waals surface area contributed by atoms with Gasteiger partial charge in [0.05, 0.1) is 13.7 Å². The minimum Gasteiger partial charge on any atom is -0.494 e. The van der Waals surface area contributed by atoms with Crippen molar-refractivity contribution in [2.24, 2.45) is 0 Å². The van der Waals surface area contributed by atoms with Gasteiger partial charge in [-0.05, 0) is 25.1 Å². The number of hydrogen-bond donors (Lipinski definition) is 1. The van der Waals surface area contributed by atoms with Gasteiger partial charge in [0, 0.05) is 22.7 Å². The molecule has 0 aliphatic rings. The number of H-pyrrole nitrogens is 1. The second-order valence-electron chi connectivity index (χ2n) is 4.02. The number of ether oxygens (including phenoxy) is 2. The molecule has 0 fully saturated rings. The van der Waals surface area contributed by atoms with Crippen molar-refractivity contribution in [3.8, 4) is 5.75 Å². The molecule has 2 aromatic rings. The first-order valence-electron chi connectivity index (χ1n) is 5.99. The zero-order chi connectivity index (χ0) is 13.8. The fraction of sp³-hybridized carbons (Fsp3) is 0.286. The van der Waals surface area contributed by atoms with E-state index >= 15 is 0 Å². The molecule has 0 unspecified atom stereocenters. The van der Waals surface area contributed by atoms with Crippen LogP contribution >= 0.6 is 0 Å². The normalized spacial score (nSPS) is 10.4. The molecule has 0 amide bonds. The zero-order valence-electron chi connectivity index (χ0n) is 10.9. The number of fused-ring (bicyclic) bond motifs is 1. The van der Waals surface area contributed by atoms with Crippen LogP contribution in [0.2, 0.25) is 0 Å². The summed E-state index contributed by atoms with van der Waals surface area (Å²) < 4.78 is 9.90. The van der Waals surface area contributed by atoms with Crippen LogP contribution in [0.15, 0.2) is 24.4 Å². The largest absolute Gasteiger partial charge is 0.494 e. The highest BCUT2D eigenvalue weighted by molar-refractivity contribution is 6.13. The van der Waals surface area contributed by atoms with Gasteiger partial charge in [-0.1, -0.05) is 0 Å². The number of benzene rings is 1. The van der Waals surface area contributed by atoms with Crippen LogP contribution in [0.3, 0.4) is 0 Å². The topological polar surface area (TPSA) is 68.4 Å². The Morgan fingerprint density at radius 2 is 2.11 bits per heavy atom. The van der Waals surface area contributed by atoms with Gasteiger partial charge in [0.15, 0.2) is 5.78 Å². The number of carbonyl (C=O) groups is 2. The van der Waals surface area contributed by atoms with E-state index in [1.54, 1.807) is 12.3 Å².